The fourth-order valence-electron chi connectivity index (χ4n) is 2.58. The van der Waals surface area contributed by atoms with Gasteiger partial charge in [-0.25, -0.2) is 4.98 Å². The highest BCUT2D eigenvalue weighted by Gasteiger charge is 2.21. The van der Waals surface area contributed by atoms with Gasteiger partial charge in [-0.3, -0.25) is 4.57 Å². The number of ether oxygens (including phenoxy) is 4. The molecule has 3 aromatic rings. The van der Waals surface area contributed by atoms with Crippen LogP contribution in [0.5, 0.6) is 17.4 Å². The lowest BCUT2D eigenvalue weighted by Gasteiger charge is -2.16. The minimum atomic E-state index is 0.181. The van der Waals surface area contributed by atoms with Gasteiger partial charge in [-0.1, -0.05) is 12.1 Å². The van der Waals surface area contributed by atoms with Crippen molar-refractivity contribution >= 4 is 5.95 Å². The van der Waals surface area contributed by atoms with Crippen LogP contribution in [0.25, 0.3) is 17.2 Å². The van der Waals surface area contributed by atoms with E-state index in [4.69, 9.17) is 24.7 Å². The van der Waals surface area contributed by atoms with Crippen LogP contribution >= 0.6 is 0 Å². The Bertz CT molecular complexity index is 890. The molecule has 0 atom stereocenters. The third-order valence-corrected chi connectivity index (χ3v) is 3.80. The minimum absolute atomic E-state index is 0.181. The summed E-state index contributed by atoms with van der Waals surface area (Å²) in [6.07, 6.45) is 0. The van der Waals surface area contributed by atoms with E-state index in [-0.39, 0.29) is 5.95 Å². The van der Waals surface area contributed by atoms with Gasteiger partial charge in [-0.2, -0.15) is 0 Å². The Morgan fingerprint density at radius 1 is 0.926 bits per heavy atom. The predicted octanol–water partition coefficient (Wildman–Crippen LogP) is 1.95. The molecule has 0 bridgehead atoms. The topological polar surface area (TPSA) is 107 Å². The predicted molar refractivity (Wildman–Crippen MR) is 99.5 cm³/mol. The van der Waals surface area contributed by atoms with E-state index in [0.717, 1.165) is 0 Å². The Morgan fingerprint density at radius 3 is 2.30 bits per heavy atom. The molecule has 3 rings (SSSR count). The van der Waals surface area contributed by atoms with Gasteiger partial charge in [0.25, 0.3) is 0 Å². The highest BCUT2D eigenvalue weighted by molar-refractivity contribution is 5.66. The maximum Gasteiger partial charge on any atom is 0.227 e. The van der Waals surface area contributed by atoms with E-state index in [1.165, 1.54) is 0 Å². The number of aromatic nitrogens is 4. The molecule has 0 aliphatic heterocycles. The Kier molecular flexibility index (Phi) is 5.72. The molecule has 2 heterocycles. The first-order valence-electron chi connectivity index (χ1n) is 8.21. The van der Waals surface area contributed by atoms with Crippen LogP contribution in [0.4, 0.5) is 5.95 Å². The van der Waals surface area contributed by atoms with Crippen LogP contribution in [0, 0.1) is 0 Å². The second-order valence-corrected chi connectivity index (χ2v) is 5.43. The van der Waals surface area contributed by atoms with Gasteiger partial charge in [-0.05, 0) is 18.2 Å². The molecule has 9 heteroatoms. The molecule has 142 valence electrons. The number of nitrogens with zero attached hydrogens (tertiary/aromatic N) is 4. The summed E-state index contributed by atoms with van der Waals surface area (Å²) in [6.45, 7) is 0.857. The maximum absolute atomic E-state index is 6.10. The van der Waals surface area contributed by atoms with Crippen LogP contribution in [0.2, 0.25) is 0 Å². The van der Waals surface area contributed by atoms with Crippen molar-refractivity contribution in [1.29, 1.82) is 0 Å². The quantitative estimate of drug-likeness (QED) is 0.599. The van der Waals surface area contributed by atoms with E-state index in [2.05, 4.69) is 15.2 Å². The molecule has 0 spiro atoms. The summed E-state index contributed by atoms with van der Waals surface area (Å²) >= 11 is 0. The van der Waals surface area contributed by atoms with Gasteiger partial charge in [0.1, 0.15) is 29.5 Å². The third kappa shape index (κ3) is 3.77. The first-order valence-corrected chi connectivity index (χ1v) is 8.21. The van der Waals surface area contributed by atoms with E-state index >= 15 is 0 Å². The van der Waals surface area contributed by atoms with Crippen molar-refractivity contribution in [3.05, 3.63) is 36.4 Å². The van der Waals surface area contributed by atoms with E-state index < -0.39 is 0 Å². The Labute approximate surface area is 156 Å². The van der Waals surface area contributed by atoms with E-state index in [0.29, 0.717) is 47.8 Å². The number of benzene rings is 1. The number of nitrogens with two attached hydrogens (primary N) is 1. The van der Waals surface area contributed by atoms with Gasteiger partial charge < -0.3 is 24.7 Å². The van der Waals surface area contributed by atoms with Crippen LogP contribution in [0.15, 0.2) is 36.4 Å². The van der Waals surface area contributed by atoms with Crippen LogP contribution in [-0.4, -0.2) is 54.3 Å². The molecule has 27 heavy (non-hydrogen) atoms. The van der Waals surface area contributed by atoms with Gasteiger partial charge in [0.2, 0.25) is 11.8 Å². The highest BCUT2D eigenvalue weighted by Crippen LogP contribution is 2.36. The second-order valence-electron chi connectivity index (χ2n) is 5.43. The average Bonchev–Trinajstić information content (AvgIpc) is 3.08. The van der Waals surface area contributed by atoms with Crippen molar-refractivity contribution in [2.75, 3.05) is 40.3 Å². The molecule has 0 aliphatic rings. The monoisotopic (exact) mass is 371 g/mol. The molecule has 0 saturated carbocycles. The third-order valence-electron chi connectivity index (χ3n) is 3.80. The molecule has 9 nitrogen and oxygen atoms in total. The second kappa shape index (κ2) is 8.37. The maximum atomic E-state index is 6.10. The summed E-state index contributed by atoms with van der Waals surface area (Å²) in [7, 11) is 4.75. The fourth-order valence-corrected chi connectivity index (χ4v) is 2.58. The number of para-hydroxylation sites is 1. The molecule has 2 N–H and O–H groups in total. The summed E-state index contributed by atoms with van der Waals surface area (Å²) in [5.74, 6) is 2.20. The lowest BCUT2D eigenvalue weighted by Crippen LogP contribution is -2.08. The number of anilines is 1. The van der Waals surface area contributed by atoms with Gasteiger partial charge >= 0.3 is 0 Å². The Balaban J connectivity index is 2.08. The van der Waals surface area contributed by atoms with Crippen molar-refractivity contribution in [2.45, 2.75) is 0 Å². The molecular formula is C18H21N5O4. The zero-order chi connectivity index (χ0) is 19.2. The Hall–Kier alpha value is -3.33. The minimum Gasteiger partial charge on any atom is -0.494 e. The van der Waals surface area contributed by atoms with Crippen LogP contribution in [0.3, 0.4) is 0 Å². The summed E-state index contributed by atoms with van der Waals surface area (Å²) in [6, 6.07) is 10.8. The van der Waals surface area contributed by atoms with Crippen LogP contribution < -0.4 is 19.9 Å². The summed E-state index contributed by atoms with van der Waals surface area (Å²) in [5, 5.41) is 8.19. The van der Waals surface area contributed by atoms with E-state index in [1.54, 1.807) is 50.2 Å². The molecule has 0 radical (unpaired) electrons. The normalized spacial score (nSPS) is 10.6. The smallest absolute Gasteiger partial charge is 0.227 e. The van der Waals surface area contributed by atoms with Crippen molar-refractivity contribution in [1.82, 2.24) is 19.7 Å². The standard InChI is InChI=1S/C18H21N5O4/c1-24-10-11-27-15-9-4-6-12(20-15)17-21-22-18(19)23(17)16-13(25-2)7-5-8-14(16)26-3/h4-9H,10-11H2,1-3H3,(H2,19,22). The van der Waals surface area contributed by atoms with Gasteiger partial charge in [-0.15, -0.1) is 10.2 Å². The van der Waals surface area contributed by atoms with Crippen LogP contribution in [-0.2, 0) is 4.74 Å². The molecule has 0 saturated heterocycles. The zero-order valence-electron chi connectivity index (χ0n) is 15.4. The van der Waals surface area contributed by atoms with Crippen molar-refractivity contribution in [3.8, 4) is 34.6 Å². The number of methoxy groups -OCH3 is 3. The molecule has 0 unspecified atom stereocenters. The molecule has 0 fully saturated rings. The number of hydrogen-bond acceptors (Lipinski definition) is 8. The van der Waals surface area contributed by atoms with Gasteiger partial charge in [0, 0.05) is 13.2 Å². The SMILES string of the molecule is COCCOc1cccc(-c2nnc(N)n2-c2c(OC)cccc2OC)n1. The largest absolute Gasteiger partial charge is 0.494 e. The highest BCUT2D eigenvalue weighted by atomic mass is 16.5. The van der Waals surface area contributed by atoms with Crippen molar-refractivity contribution < 1.29 is 18.9 Å². The van der Waals surface area contributed by atoms with Crippen molar-refractivity contribution in [2.24, 2.45) is 0 Å². The number of rotatable bonds is 8. The molecular weight excluding hydrogens is 350 g/mol. The van der Waals surface area contributed by atoms with E-state index in [9.17, 15) is 0 Å². The molecule has 0 amide bonds. The number of hydrogen-bond donors (Lipinski definition) is 1. The first kappa shape index (κ1) is 18.5. The van der Waals surface area contributed by atoms with E-state index in [1.807, 2.05) is 12.1 Å². The molecule has 2 aromatic heterocycles. The molecule has 0 aliphatic carbocycles. The summed E-state index contributed by atoms with van der Waals surface area (Å²) < 4.78 is 23.2. The van der Waals surface area contributed by atoms with Gasteiger partial charge in [0.05, 0.1) is 20.8 Å². The van der Waals surface area contributed by atoms with Crippen molar-refractivity contribution in [3.63, 3.8) is 0 Å². The van der Waals surface area contributed by atoms with Crippen LogP contribution in [0.1, 0.15) is 0 Å². The lowest BCUT2D eigenvalue weighted by atomic mass is 10.2. The molecule has 1 aromatic carbocycles. The Morgan fingerprint density at radius 2 is 1.63 bits per heavy atom. The van der Waals surface area contributed by atoms with Gasteiger partial charge in [0.15, 0.2) is 5.82 Å². The average molecular weight is 371 g/mol. The summed E-state index contributed by atoms with van der Waals surface area (Å²) in [5.41, 5.74) is 7.23. The fraction of sp³-hybridized carbons (Fsp3) is 0.278. The summed E-state index contributed by atoms with van der Waals surface area (Å²) in [4.78, 5) is 4.49. The zero-order valence-corrected chi connectivity index (χ0v) is 15.4. The number of pyridine rings is 1. The number of nitrogen functional groups attached to an aromatic ring is 1. The first-order chi connectivity index (χ1) is 13.2. The lowest BCUT2D eigenvalue weighted by molar-refractivity contribution is 0.144.